The molecular formula is C17H19N7O. The number of nitrogens with one attached hydrogen (secondary N) is 1. The maximum absolute atomic E-state index is 9.25. The summed E-state index contributed by atoms with van der Waals surface area (Å²) >= 11 is 0. The summed E-state index contributed by atoms with van der Waals surface area (Å²) in [6, 6.07) is 4.24. The molecule has 3 aromatic heterocycles. The Morgan fingerprint density at radius 3 is 3.04 bits per heavy atom. The highest BCUT2D eigenvalue weighted by Crippen LogP contribution is 2.34. The molecule has 1 saturated heterocycles. The van der Waals surface area contributed by atoms with Crippen LogP contribution in [0, 0.1) is 11.3 Å². The Morgan fingerprint density at radius 1 is 1.36 bits per heavy atom. The monoisotopic (exact) mass is 337 g/mol. The van der Waals surface area contributed by atoms with Gasteiger partial charge < -0.3 is 10.1 Å². The van der Waals surface area contributed by atoms with Crippen LogP contribution in [0.5, 0.6) is 0 Å². The van der Waals surface area contributed by atoms with E-state index in [9.17, 15) is 5.26 Å². The van der Waals surface area contributed by atoms with E-state index in [0.29, 0.717) is 6.42 Å². The number of rotatable bonds is 6. The van der Waals surface area contributed by atoms with Gasteiger partial charge >= 0.3 is 0 Å². The minimum Gasteiger partial charge on any atom is -0.396 e. The van der Waals surface area contributed by atoms with Gasteiger partial charge in [-0.2, -0.15) is 10.4 Å². The second-order valence-corrected chi connectivity index (χ2v) is 6.48. The van der Waals surface area contributed by atoms with Crippen LogP contribution in [-0.4, -0.2) is 61.0 Å². The quantitative estimate of drug-likeness (QED) is 0.698. The van der Waals surface area contributed by atoms with E-state index in [2.05, 4.69) is 31.0 Å². The molecular weight excluding hydrogens is 318 g/mol. The van der Waals surface area contributed by atoms with Gasteiger partial charge in [0.1, 0.15) is 17.5 Å². The highest BCUT2D eigenvalue weighted by Gasteiger charge is 2.45. The van der Waals surface area contributed by atoms with Crippen molar-refractivity contribution in [1.82, 2.24) is 29.6 Å². The van der Waals surface area contributed by atoms with E-state index in [1.165, 1.54) is 6.33 Å². The lowest BCUT2D eigenvalue weighted by atomic mass is 9.86. The molecule has 4 rings (SSSR count). The summed E-state index contributed by atoms with van der Waals surface area (Å²) in [4.78, 5) is 13.9. The van der Waals surface area contributed by atoms with Gasteiger partial charge in [0.2, 0.25) is 0 Å². The minimum absolute atomic E-state index is 0.189. The van der Waals surface area contributed by atoms with Crippen LogP contribution in [-0.2, 0) is 5.54 Å². The molecule has 0 amide bonds. The molecule has 2 N–H and O–H groups in total. The van der Waals surface area contributed by atoms with Crippen molar-refractivity contribution in [2.45, 2.75) is 18.4 Å². The average Bonchev–Trinajstić information content (AvgIpc) is 3.25. The zero-order valence-corrected chi connectivity index (χ0v) is 13.8. The number of nitrogens with zero attached hydrogens (tertiary/aromatic N) is 6. The molecule has 8 nitrogen and oxygen atoms in total. The first-order valence-corrected chi connectivity index (χ1v) is 8.29. The van der Waals surface area contributed by atoms with Crippen LogP contribution in [0.3, 0.4) is 0 Å². The molecule has 1 aliphatic heterocycles. The lowest BCUT2D eigenvalue weighted by Gasteiger charge is -2.49. The number of aliphatic hydroxyl groups excluding tert-OH is 1. The molecule has 0 bridgehead atoms. The molecule has 1 fully saturated rings. The highest BCUT2D eigenvalue weighted by atomic mass is 16.3. The van der Waals surface area contributed by atoms with E-state index in [-0.39, 0.29) is 12.1 Å². The Balaban J connectivity index is 1.62. The van der Waals surface area contributed by atoms with E-state index in [0.717, 1.165) is 48.3 Å². The number of fused-ring (bicyclic) bond motifs is 1. The first-order chi connectivity index (χ1) is 12.3. The number of nitriles is 1. The van der Waals surface area contributed by atoms with Crippen LogP contribution in [0.15, 0.2) is 31.0 Å². The number of likely N-dealkylation sites (tertiary alicyclic amines) is 1. The lowest BCUT2D eigenvalue weighted by molar-refractivity contribution is 0.00198. The Bertz CT molecular complexity index is 916. The van der Waals surface area contributed by atoms with Gasteiger partial charge in [-0.3, -0.25) is 9.58 Å². The Hall–Kier alpha value is -2.76. The smallest absolute Gasteiger partial charge is 0.141 e. The second-order valence-electron chi connectivity index (χ2n) is 6.48. The Kier molecular flexibility index (Phi) is 3.95. The van der Waals surface area contributed by atoms with Crippen LogP contribution in [0.1, 0.15) is 12.8 Å². The number of hydrogen-bond acceptors (Lipinski definition) is 6. The number of aliphatic hydroxyl groups is 1. The van der Waals surface area contributed by atoms with Crippen LogP contribution in [0.4, 0.5) is 0 Å². The predicted octanol–water partition coefficient (Wildman–Crippen LogP) is 1.13. The molecule has 25 heavy (non-hydrogen) atoms. The third kappa shape index (κ3) is 2.67. The summed E-state index contributed by atoms with van der Waals surface area (Å²) in [7, 11) is 0. The van der Waals surface area contributed by atoms with Crippen molar-refractivity contribution < 1.29 is 5.11 Å². The number of aromatic nitrogens is 5. The van der Waals surface area contributed by atoms with Crippen molar-refractivity contribution >= 4 is 11.0 Å². The molecule has 0 spiro atoms. The fourth-order valence-corrected chi connectivity index (χ4v) is 3.53. The standard InChI is InChI=1S/C17H19N7O/c18-4-3-17(10-23(11-17)6-1-7-25)24-9-13(8-22-24)15-14-2-5-19-16(14)21-12-20-15/h2,5,8-9,12,25H,1,3,6-7,10-11H2,(H,19,20,21). The summed E-state index contributed by atoms with van der Waals surface area (Å²) in [5.41, 5.74) is 2.25. The van der Waals surface area contributed by atoms with Crippen LogP contribution >= 0.6 is 0 Å². The molecule has 0 saturated carbocycles. The summed E-state index contributed by atoms with van der Waals surface area (Å²) < 4.78 is 1.90. The number of aromatic amines is 1. The average molecular weight is 337 g/mol. The van der Waals surface area contributed by atoms with Gasteiger partial charge in [-0.15, -0.1) is 0 Å². The zero-order chi connectivity index (χ0) is 17.3. The molecule has 0 atom stereocenters. The predicted molar refractivity (Wildman–Crippen MR) is 91.5 cm³/mol. The van der Waals surface area contributed by atoms with E-state index in [4.69, 9.17) is 5.11 Å². The molecule has 1 aliphatic rings. The third-order valence-corrected chi connectivity index (χ3v) is 4.77. The van der Waals surface area contributed by atoms with Crippen molar-refractivity contribution in [3.8, 4) is 17.3 Å². The van der Waals surface area contributed by atoms with Crippen molar-refractivity contribution in [2.75, 3.05) is 26.2 Å². The molecule has 128 valence electrons. The molecule has 0 aliphatic carbocycles. The first kappa shape index (κ1) is 15.7. The fraction of sp³-hybridized carbons (Fsp3) is 0.412. The maximum atomic E-state index is 9.25. The number of H-pyrrole nitrogens is 1. The van der Waals surface area contributed by atoms with Gasteiger partial charge in [0.15, 0.2) is 0 Å². The van der Waals surface area contributed by atoms with Crippen LogP contribution in [0.2, 0.25) is 0 Å². The molecule has 8 heteroatoms. The van der Waals surface area contributed by atoms with Gasteiger partial charge in [0, 0.05) is 49.6 Å². The summed E-state index contributed by atoms with van der Waals surface area (Å²) in [5.74, 6) is 0. The van der Waals surface area contributed by atoms with E-state index >= 15 is 0 Å². The maximum Gasteiger partial charge on any atom is 0.141 e. The largest absolute Gasteiger partial charge is 0.396 e. The van der Waals surface area contributed by atoms with Gasteiger partial charge in [-0.25, -0.2) is 9.97 Å². The third-order valence-electron chi connectivity index (χ3n) is 4.77. The normalized spacial score (nSPS) is 16.6. The highest BCUT2D eigenvalue weighted by molar-refractivity contribution is 5.89. The number of hydrogen-bond donors (Lipinski definition) is 2. The van der Waals surface area contributed by atoms with E-state index in [1.54, 1.807) is 6.20 Å². The van der Waals surface area contributed by atoms with Crippen molar-refractivity contribution in [3.63, 3.8) is 0 Å². The van der Waals surface area contributed by atoms with Crippen LogP contribution < -0.4 is 0 Å². The Morgan fingerprint density at radius 2 is 2.24 bits per heavy atom. The van der Waals surface area contributed by atoms with Crippen molar-refractivity contribution in [2.24, 2.45) is 0 Å². The second kappa shape index (κ2) is 6.27. The molecule has 0 aromatic carbocycles. The molecule has 0 unspecified atom stereocenters. The summed E-state index contributed by atoms with van der Waals surface area (Å²) in [5, 5.41) is 23.7. The van der Waals surface area contributed by atoms with Crippen molar-refractivity contribution in [1.29, 1.82) is 5.26 Å². The van der Waals surface area contributed by atoms with E-state index < -0.39 is 0 Å². The summed E-state index contributed by atoms with van der Waals surface area (Å²) in [6.07, 6.45) is 8.30. The van der Waals surface area contributed by atoms with E-state index in [1.807, 2.05) is 23.1 Å². The van der Waals surface area contributed by atoms with Gasteiger partial charge in [-0.1, -0.05) is 0 Å². The Labute approximate surface area is 144 Å². The SMILES string of the molecule is N#CCC1(n2cc(-c3ncnc4[nH]ccc34)cn2)CN(CCCO)C1. The first-order valence-electron chi connectivity index (χ1n) is 8.29. The molecule has 0 radical (unpaired) electrons. The topological polar surface area (TPSA) is 107 Å². The zero-order valence-electron chi connectivity index (χ0n) is 13.8. The lowest BCUT2D eigenvalue weighted by Crippen LogP contribution is -2.62. The van der Waals surface area contributed by atoms with Gasteiger partial charge in [0.25, 0.3) is 0 Å². The fourth-order valence-electron chi connectivity index (χ4n) is 3.53. The van der Waals surface area contributed by atoms with Crippen molar-refractivity contribution in [3.05, 3.63) is 31.0 Å². The molecule has 4 heterocycles. The minimum atomic E-state index is -0.299. The summed E-state index contributed by atoms with van der Waals surface area (Å²) in [6.45, 7) is 2.57. The van der Waals surface area contributed by atoms with Gasteiger partial charge in [0.05, 0.1) is 24.4 Å². The molecule has 3 aromatic rings. The van der Waals surface area contributed by atoms with Crippen LogP contribution in [0.25, 0.3) is 22.3 Å². The van der Waals surface area contributed by atoms with Gasteiger partial charge in [-0.05, 0) is 12.5 Å².